The summed E-state index contributed by atoms with van der Waals surface area (Å²) in [4.78, 5) is 66.1. The van der Waals surface area contributed by atoms with Crippen molar-refractivity contribution in [3.63, 3.8) is 0 Å². The number of allylic oxidation sites excluding steroid dienone is 2. The van der Waals surface area contributed by atoms with Crippen LogP contribution in [0.25, 0.3) is 16.5 Å². The van der Waals surface area contributed by atoms with Gasteiger partial charge in [0.2, 0.25) is 11.8 Å². The first-order valence-corrected chi connectivity index (χ1v) is 23.8. The molecule has 0 spiro atoms. The van der Waals surface area contributed by atoms with E-state index in [1.54, 1.807) is 39.2 Å². The number of likely N-dealkylation sites (tertiary alicyclic amines) is 2. The molecule has 5 amide bonds. The number of hydrogen-bond acceptors (Lipinski definition) is 11. The van der Waals surface area contributed by atoms with Gasteiger partial charge in [-0.05, 0) is 131 Å². The zero-order valence-electron chi connectivity index (χ0n) is 39.6. The van der Waals surface area contributed by atoms with E-state index in [2.05, 4.69) is 26.7 Å². The highest BCUT2D eigenvalue weighted by Gasteiger charge is 2.34. The molecule has 3 aliphatic heterocycles. The molecule has 2 unspecified atom stereocenters. The monoisotopic (exact) mass is 954 g/mol. The number of amides is 5. The highest BCUT2D eigenvalue weighted by Crippen LogP contribution is 2.40. The van der Waals surface area contributed by atoms with Crippen molar-refractivity contribution < 1.29 is 46.6 Å². The number of piperidine rings is 2. The van der Waals surface area contributed by atoms with Crippen LogP contribution in [0.4, 0.5) is 35.2 Å². The Balaban J connectivity index is 0.786. The van der Waals surface area contributed by atoms with Crippen molar-refractivity contribution in [2.75, 3.05) is 76.1 Å². The Morgan fingerprint density at radius 1 is 0.884 bits per heavy atom. The number of rotatable bonds is 14. The highest BCUT2D eigenvalue weighted by atomic mass is 19.4. The van der Waals surface area contributed by atoms with Crippen LogP contribution in [0.15, 0.2) is 54.6 Å². The van der Waals surface area contributed by atoms with Crippen molar-refractivity contribution >= 4 is 57.4 Å². The summed E-state index contributed by atoms with van der Waals surface area (Å²) in [5.74, 6) is 2.51. The van der Waals surface area contributed by atoms with Crippen LogP contribution in [0.1, 0.15) is 104 Å². The number of ether oxygens (including phenoxy) is 3. The van der Waals surface area contributed by atoms with E-state index in [4.69, 9.17) is 19.9 Å². The molecule has 4 aliphatic rings. The van der Waals surface area contributed by atoms with Crippen LogP contribution in [-0.2, 0) is 20.5 Å². The zero-order valence-corrected chi connectivity index (χ0v) is 39.6. The zero-order chi connectivity index (χ0) is 49.0. The number of aromatic nitrogens is 2. The molecule has 4 aromatic rings. The summed E-state index contributed by atoms with van der Waals surface area (Å²) in [6, 6.07) is 11.3. The molecule has 1 aromatic heterocycles. The molecule has 368 valence electrons. The van der Waals surface area contributed by atoms with Crippen LogP contribution < -0.4 is 30.7 Å². The number of methoxy groups -OCH3 is 2. The number of urea groups is 1. The predicted molar refractivity (Wildman–Crippen MR) is 256 cm³/mol. The number of carbonyl (C=O) groups excluding carboxylic acids is 4. The second-order valence-corrected chi connectivity index (χ2v) is 18.7. The van der Waals surface area contributed by atoms with Gasteiger partial charge >= 0.3 is 12.2 Å². The van der Waals surface area contributed by atoms with E-state index in [9.17, 15) is 32.3 Å². The van der Waals surface area contributed by atoms with Gasteiger partial charge in [0, 0.05) is 86.5 Å². The molecule has 3 fully saturated rings. The summed E-state index contributed by atoms with van der Waals surface area (Å²) in [5, 5.41) is 6.32. The third-order valence-electron chi connectivity index (χ3n) is 14.0. The maximum atomic E-state index is 13.8. The number of alkyl halides is 3. The Morgan fingerprint density at radius 3 is 2.29 bits per heavy atom. The van der Waals surface area contributed by atoms with Crippen molar-refractivity contribution in [1.82, 2.24) is 25.1 Å². The number of nitrogens with zero attached hydrogens (tertiary/aromatic N) is 5. The molecule has 69 heavy (non-hydrogen) atoms. The predicted octanol–water partition coefficient (Wildman–Crippen LogP) is 8.56. The lowest BCUT2D eigenvalue weighted by Crippen LogP contribution is -2.49. The number of imide groups is 1. The third kappa shape index (κ3) is 11.4. The Kier molecular flexibility index (Phi) is 15.0. The number of nitrogens with two attached hydrogens (primary N) is 1. The molecular weight excluding hydrogens is 894 g/mol. The fourth-order valence-electron chi connectivity index (χ4n) is 10.00. The number of fused-ring (bicyclic) bond motifs is 1. The number of benzene rings is 3. The fourth-order valence-corrected chi connectivity index (χ4v) is 10.00. The van der Waals surface area contributed by atoms with Gasteiger partial charge in [-0.2, -0.15) is 13.2 Å². The quantitative estimate of drug-likeness (QED) is 0.0814. The molecule has 15 nitrogen and oxygen atoms in total. The Labute approximate surface area is 399 Å². The fraction of sp³-hybridized carbons (Fsp3) is 0.490. The molecule has 2 atom stereocenters. The van der Waals surface area contributed by atoms with Crippen LogP contribution in [0.3, 0.4) is 0 Å². The van der Waals surface area contributed by atoms with Crippen LogP contribution in [0.2, 0.25) is 0 Å². The molecule has 1 aliphatic carbocycles. The maximum Gasteiger partial charge on any atom is 0.416 e. The third-order valence-corrected chi connectivity index (χ3v) is 14.0. The minimum absolute atomic E-state index is 0.0209. The highest BCUT2D eigenvalue weighted by molar-refractivity contribution is 6.07. The lowest BCUT2D eigenvalue weighted by atomic mass is 9.84. The standard InChI is InChI=1S/C51H61F3N8O7/c1-30(37-23-38(51(52,53)54)26-39(55)24-37)56-47-41-27-40(45(68-4)28-42(41)57-31(2)58-47)34-5-7-35(8-6-34)48(64)60-17-11-32(12-18-60)16-22-69-29-33-13-19-61(20-14-33)49(65)36-9-10-44(67-3)43(25-36)62-21-15-46(63)59-50(62)66/h5,9-10,23-28,30,32-33,35H,6-8,11-22,29,55H2,1-4H3,(H,56,57,58)(H,59,63,66). The van der Waals surface area contributed by atoms with E-state index in [-0.39, 0.29) is 42.3 Å². The second kappa shape index (κ2) is 21.1. The van der Waals surface area contributed by atoms with E-state index in [1.807, 2.05) is 21.9 Å². The van der Waals surface area contributed by atoms with Crippen LogP contribution >= 0.6 is 0 Å². The van der Waals surface area contributed by atoms with Crippen LogP contribution in [0.5, 0.6) is 11.5 Å². The van der Waals surface area contributed by atoms with Crippen molar-refractivity contribution in [3.05, 3.63) is 82.7 Å². The summed E-state index contributed by atoms with van der Waals surface area (Å²) in [5.41, 5.74) is 8.90. The van der Waals surface area contributed by atoms with E-state index < -0.39 is 23.8 Å². The SMILES string of the molecule is COc1cc2nc(C)nc(NC(C)c3cc(N)cc(C(F)(F)F)c3)c2cc1C1=CCC(C(=O)N2CCC(CCOCC3CCN(C(=O)c4ccc(OC)c(N5CCC(=O)NC5=O)c4)CC3)CC2)CC1. The number of nitrogens with one attached hydrogen (secondary N) is 2. The first kappa shape index (κ1) is 49.0. The maximum absolute atomic E-state index is 13.8. The minimum atomic E-state index is -4.54. The molecular formula is C51H61F3N8O7. The van der Waals surface area contributed by atoms with Crippen LogP contribution in [-0.4, -0.2) is 104 Å². The van der Waals surface area contributed by atoms with Gasteiger partial charge in [0.15, 0.2) is 0 Å². The molecule has 3 saturated heterocycles. The first-order chi connectivity index (χ1) is 33.1. The topological polar surface area (TPSA) is 182 Å². The number of anilines is 3. The molecule has 0 radical (unpaired) electrons. The molecule has 4 N–H and O–H groups in total. The van der Waals surface area contributed by atoms with E-state index in [0.29, 0.717) is 108 Å². The van der Waals surface area contributed by atoms with E-state index in [1.165, 1.54) is 18.1 Å². The lowest BCUT2D eigenvalue weighted by Gasteiger charge is -2.35. The first-order valence-electron chi connectivity index (χ1n) is 23.8. The molecule has 0 saturated carbocycles. The Hall–Kier alpha value is -6.43. The van der Waals surface area contributed by atoms with Crippen molar-refractivity contribution in [1.29, 1.82) is 0 Å². The summed E-state index contributed by atoms with van der Waals surface area (Å²) in [7, 11) is 3.10. The van der Waals surface area contributed by atoms with Gasteiger partial charge < -0.3 is 35.1 Å². The van der Waals surface area contributed by atoms with Gasteiger partial charge in [0.05, 0.1) is 37.0 Å². The molecule has 8 rings (SSSR count). The van der Waals surface area contributed by atoms with Crippen molar-refractivity contribution in [2.45, 2.75) is 83.9 Å². The largest absolute Gasteiger partial charge is 0.496 e. The normalized spacial score (nSPS) is 19.0. The lowest BCUT2D eigenvalue weighted by molar-refractivity contribution is -0.138. The van der Waals surface area contributed by atoms with Gasteiger partial charge in [-0.15, -0.1) is 0 Å². The number of halogens is 3. The number of carbonyl (C=O) groups is 4. The van der Waals surface area contributed by atoms with Crippen LogP contribution in [0, 0.1) is 24.7 Å². The van der Waals surface area contributed by atoms with Crippen molar-refractivity contribution in [3.8, 4) is 11.5 Å². The summed E-state index contributed by atoms with van der Waals surface area (Å²) in [6.07, 6.45) is 4.19. The van der Waals surface area contributed by atoms with Gasteiger partial charge in [0.25, 0.3) is 5.91 Å². The van der Waals surface area contributed by atoms with Gasteiger partial charge in [0.1, 0.15) is 23.1 Å². The smallest absolute Gasteiger partial charge is 0.416 e. The van der Waals surface area contributed by atoms with Gasteiger partial charge in [-0.1, -0.05) is 6.08 Å². The number of aryl methyl sites for hydroxylation is 1. The molecule has 18 heteroatoms. The minimum Gasteiger partial charge on any atom is -0.496 e. The van der Waals surface area contributed by atoms with E-state index in [0.717, 1.165) is 68.5 Å². The average molecular weight is 955 g/mol. The summed E-state index contributed by atoms with van der Waals surface area (Å²) < 4.78 is 58.3. The Morgan fingerprint density at radius 2 is 1.61 bits per heavy atom. The Bertz CT molecular complexity index is 2610. The van der Waals surface area contributed by atoms with Gasteiger partial charge in [-0.3, -0.25) is 24.6 Å². The average Bonchev–Trinajstić information content (AvgIpc) is 3.34. The molecule has 3 aromatic carbocycles. The van der Waals surface area contributed by atoms with Crippen molar-refractivity contribution in [2.24, 2.45) is 17.8 Å². The number of hydrogen-bond donors (Lipinski definition) is 3. The molecule has 4 heterocycles. The van der Waals surface area contributed by atoms with E-state index >= 15 is 0 Å². The summed E-state index contributed by atoms with van der Waals surface area (Å²) >= 11 is 0. The molecule has 0 bridgehead atoms. The summed E-state index contributed by atoms with van der Waals surface area (Å²) in [6.45, 7) is 7.68. The second-order valence-electron chi connectivity index (χ2n) is 18.7. The number of nitrogen functional groups attached to an aromatic ring is 1. The van der Waals surface area contributed by atoms with Gasteiger partial charge in [-0.25, -0.2) is 14.8 Å².